The first-order chi connectivity index (χ1) is 9.06. The molecule has 1 fully saturated rings. The van der Waals surface area contributed by atoms with Crippen LogP contribution in [0.3, 0.4) is 0 Å². The van der Waals surface area contributed by atoms with Crippen molar-refractivity contribution in [2.45, 2.75) is 32.2 Å². The van der Waals surface area contributed by atoms with E-state index in [1.165, 1.54) is 12.8 Å². The lowest BCUT2D eigenvalue weighted by molar-refractivity contribution is 0.119. The molecule has 104 valence electrons. The van der Waals surface area contributed by atoms with E-state index in [1.807, 2.05) is 6.92 Å². The van der Waals surface area contributed by atoms with E-state index in [0.717, 1.165) is 18.7 Å². The minimum Gasteiger partial charge on any atom is -0.462 e. The molecule has 1 aromatic rings. The maximum absolute atomic E-state index is 7.41. The van der Waals surface area contributed by atoms with Gasteiger partial charge in [-0.3, -0.25) is 5.41 Å². The predicted molar refractivity (Wildman–Crippen MR) is 73.5 cm³/mol. The van der Waals surface area contributed by atoms with E-state index in [1.54, 1.807) is 6.07 Å². The largest absolute Gasteiger partial charge is 0.462 e. The van der Waals surface area contributed by atoms with E-state index in [-0.39, 0.29) is 5.84 Å². The predicted octanol–water partition coefficient (Wildman–Crippen LogP) is 0.932. The fraction of sp³-hybridized carbons (Fsp3) is 0.615. The Hall–Kier alpha value is -1.69. The van der Waals surface area contributed by atoms with Crippen molar-refractivity contribution in [2.75, 3.05) is 20.2 Å². The van der Waals surface area contributed by atoms with Gasteiger partial charge in [-0.1, -0.05) is 6.42 Å². The molecule has 1 aliphatic heterocycles. The highest BCUT2D eigenvalue weighted by molar-refractivity contribution is 5.93. The zero-order valence-electron chi connectivity index (χ0n) is 11.5. The summed E-state index contributed by atoms with van der Waals surface area (Å²) in [5.74, 6) is -0.0647. The first-order valence-electron chi connectivity index (χ1n) is 6.59. The molecular formula is C13H21N5O. The second kappa shape index (κ2) is 5.97. The van der Waals surface area contributed by atoms with E-state index in [4.69, 9.17) is 15.9 Å². The number of piperidine rings is 1. The summed E-state index contributed by atoms with van der Waals surface area (Å²) < 4.78 is 5.67. The molecule has 0 aromatic carbocycles. The zero-order chi connectivity index (χ0) is 13.8. The molecule has 0 saturated carbocycles. The van der Waals surface area contributed by atoms with Crippen molar-refractivity contribution in [1.29, 1.82) is 5.41 Å². The van der Waals surface area contributed by atoms with Gasteiger partial charge in [-0.15, -0.1) is 0 Å². The van der Waals surface area contributed by atoms with Crippen molar-refractivity contribution < 1.29 is 4.74 Å². The second-order valence-electron chi connectivity index (χ2n) is 5.03. The van der Waals surface area contributed by atoms with Crippen LogP contribution in [0.4, 0.5) is 0 Å². The highest BCUT2D eigenvalue weighted by atomic mass is 16.5. The molecule has 0 radical (unpaired) electrons. The number of rotatable bonds is 4. The van der Waals surface area contributed by atoms with Crippen molar-refractivity contribution in [1.82, 2.24) is 14.9 Å². The van der Waals surface area contributed by atoms with Gasteiger partial charge in [-0.25, -0.2) is 4.98 Å². The van der Waals surface area contributed by atoms with Crippen LogP contribution in [0.25, 0.3) is 0 Å². The molecule has 0 spiro atoms. The minimum absolute atomic E-state index is 0.0647. The number of likely N-dealkylation sites (N-methyl/N-ethyl adjacent to an activating group) is 1. The summed E-state index contributed by atoms with van der Waals surface area (Å²) in [7, 11) is 2.12. The Labute approximate surface area is 113 Å². The number of nitrogens with two attached hydrogens (primary N) is 1. The SMILES string of the molecule is Cc1cc(C(=N)N)nc(OCC2CCCCN2C)n1. The Morgan fingerprint density at radius 3 is 3.00 bits per heavy atom. The standard InChI is InChI=1S/C13H21N5O/c1-9-7-11(12(14)15)17-13(16-9)19-8-10-5-3-4-6-18(10)2/h7,10H,3-6,8H2,1-2H3,(H3,14,15). The third-order valence-corrected chi connectivity index (χ3v) is 3.44. The van der Waals surface area contributed by atoms with E-state index >= 15 is 0 Å². The van der Waals surface area contributed by atoms with Crippen molar-refractivity contribution in [2.24, 2.45) is 5.73 Å². The number of aryl methyl sites for hydroxylation is 1. The molecule has 0 aliphatic carbocycles. The molecule has 1 unspecified atom stereocenters. The van der Waals surface area contributed by atoms with Crippen LogP contribution in [-0.4, -0.2) is 46.9 Å². The molecule has 0 bridgehead atoms. The van der Waals surface area contributed by atoms with Gasteiger partial charge in [0.05, 0.1) is 0 Å². The molecule has 1 aliphatic rings. The molecule has 1 atom stereocenters. The number of ether oxygens (including phenoxy) is 1. The lowest BCUT2D eigenvalue weighted by atomic mass is 10.0. The quantitative estimate of drug-likeness (QED) is 0.623. The fourth-order valence-electron chi connectivity index (χ4n) is 2.27. The number of hydrogen-bond acceptors (Lipinski definition) is 5. The normalized spacial score (nSPS) is 20.2. The van der Waals surface area contributed by atoms with Gasteiger partial charge in [0.15, 0.2) is 0 Å². The summed E-state index contributed by atoms with van der Waals surface area (Å²) in [5.41, 5.74) is 6.61. The average molecular weight is 263 g/mol. The van der Waals surface area contributed by atoms with Crippen LogP contribution in [-0.2, 0) is 0 Å². The Kier molecular flexibility index (Phi) is 4.31. The molecule has 1 aromatic heterocycles. The van der Waals surface area contributed by atoms with Crippen LogP contribution < -0.4 is 10.5 Å². The molecule has 6 heteroatoms. The molecule has 0 amide bonds. The third kappa shape index (κ3) is 3.64. The maximum atomic E-state index is 7.41. The van der Waals surface area contributed by atoms with Crippen LogP contribution in [0.1, 0.15) is 30.7 Å². The summed E-state index contributed by atoms with van der Waals surface area (Å²) in [6.07, 6.45) is 3.63. The van der Waals surface area contributed by atoms with Crippen molar-refractivity contribution in [3.8, 4) is 6.01 Å². The zero-order valence-corrected chi connectivity index (χ0v) is 11.5. The van der Waals surface area contributed by atoms with Gasteiger partial charge in [0.25, 0.3) is 0 Å². The second-order valence-corrected chi connectivity index (χ2v) is 5.03. The molecular weight excluding hydrogens is 242 g/mol. The van der Waals surface area contributed by atoms with Crippen LogP contribution >= 0.6 is 0 Å². The van der Waals surface area contributed by atoms with Crippen LogP contribution in [0.5, 0.6) is 6.01 Å². The lowest BCUT2D eigenvalue weighted by Gasteiger charge is -2.31. The summed E-state index contributed by atoms with van der Waals surface area (Å²) in [6.45, 7) is 3.53. The number of likely N-dealkylation sites (tertiary alicyclic amines) is 1. The van der Waals surface area contributed by atoms with Gasteiger partial charge in [0.1, 0.15) is 18.1 Å². The molecule has 2 rings (SSSR count). The average Bonchev–Trinajstić information content (AvgIpc) is 2.37. The molecule has 3 N–H and O–H groups in total. The Morgan fingerprint density at radius 1 is 1.53 bits per heavy atom. The van der Waals surface area contributed by atoms with Crippen LogP contribution in [0, 0.1) is 12.3 Å². The topological polar surface area (TPSA) is 88.1 Å². The van der Waals surface area contributed by atoms with Gasteiger partial charge >= 0.3 is 6.01 Å². The number of nitrogens with one attached hydrogen (secondary N) is 1. The number of aromatic nitrogens is 2. The fourth-order valence-corrected chi connectivity index (χ4v) is 2.27. The van der Waals surface area contributed by atoms with Crippen molar-refractivity contribution in [3.05, 3.63) is 17.5 Å². The highest BCUT2D eigenvalue weighted by Gasteiger charge is 2.20. The summed E-state index contributed by atoms with van der Waals surface area (Å²) in [6, 6.07) is 2.41. The number of amidine groups is 1. The smallest absolute Gasteiger partial charge is 0.317 e. The maximum Gasteiger partial charge on any atom is 0.317 e. The van der Waals surface area contributed by atoms with Crippen molar-refractivity contribution >= 4 is 5.84 Å². The van der Waals surface area contributed by atoms with Crippen molar-refractivity contribution in [3.63, 3.8) is 0 Å². The van der Waals surface area contributed by atoms with Gasteiger partial charge < -0.3 is 15.4 Å². The number of hydrogen-bond donors (Lipinski definition) is 2. The van der Waals surface area contributed by atoms with Crippen LogP contribution in [0.15, 0.2) is 6.07 Å². The third-order valence-electron chi connectivity index (χ3n) is 3.44. The van der Waals surface area contributed by atoms with Gasteiger partial charge in [-0.2, -0.15) is 4.98 Å². The first kappa shape index (κ1) is 13.7. The van der Waals surface area contributed by atoms with Crippen LogP contribution in [0.2, 0.25) is 0 Å². The minimum atomic E-state index is -0.0647. The van der Waals surface area contributed by atoms with E-state index in [9.17, 15) is 0 Å². The van der Waals surface area contributed by atoms with Gasteiger partial charge in [0.2, 0.25) is 0 Å². The Bertz CT molecular complexity index is 462. The summed E-state index contributed by atoms with van der Waals surface area (Å²) >= 11 is 0. The molecule has 6 nitrogen and oxygen atoms in total. The Morgan fingerprint density at radius 2 is 2.32 bits per heavy atom. The molecule has 2 heterocycles. The summed E-state index contributed by atoms with van der Waals surface area (Å²) in [5, 5.41) is 7.41. The highest BCUT2D eigenvalue weighted by Crippen LogP contribution is 2.16. The van der Waals surface area contributed by atoms with Gasteiger partial charge in [-0.05, 0) is 39.4 Å². The monoisotopic (exact) mass is 263 g/mol. The van der Waals surface area contributed by atoms with E-state index < -0.39 is 0 Å². The lowest BCUT2D eigenvalue weighted by Crippen LogP contribution is -2.40. The number of nitrogens with zero attached hydrogens (tertiary/aromatic N) is 3. The number of nitrogen functional groups attached to an aromatic ring is 1. The first-order valence-corrected chi connectivity index (χ1v) is 6.59. The summed E-state index contributed by atoms with van der Waals surface area (Å²) in [4.78, 5) is 10.7. The Balaban J connectivity index is 2.00. The molecule has 19 heavy (non-hydrogen) atoms. The van der Waals surface area contributed by atoms with Gasteiger partial charge in [0, 0.05) is 11.7 Å². The van der Waals surface area contributed by atoms with E-state index in [0.29, 0.717) is 24.4 Å². The van der Waals surface area contributed by atoms with E-state index in [2.05, 4.69) is 21.9 Å². The molecule has 1 saturated heterocycles.